The van der Waals surface area contributed by atoms with E-state index in [2.05, 4.69) is 5.10 Å². The smallest absolute Gasteiger partial charge is 0.257 e. The predicted octanol–water partition coefficient (Wildman–Crippen LogP) is 3.52. The number of amides is 1. The third-order valence-electron chi connectivity index (χ3n) is 4.15. The summed E-state index contributed by atoms with van der Waals surface area (Å²) >= 11 is 12.1. The summed E-state index contributed by atoms with van der Waals surface area (Å²) in [6.45, 7) is 6.25. The lowest BCUT2D eigenvalue weighted by molar-refractivity contribution is 0.0301. The van der Waals surface area contributed by atoms with Crippen molar-refractivity contribution in [2.24, 2.45) is 0 Å². The van der Waals surface area contributed by atoms with E-state index in [1.807, 2.05) is 24.8 Å². The van der Waals surface area contributed by atoms with E-state index >= 15 is 0 Å². The molecule has 2 heterocycles. The molecule has 5 nitrogen and oxygen atoms in total. The number of carbonyl (C=O) groups excluding carboxylic acids is 1. The topological polar surface area (TPSA) is 47.4 Å². The lowest BCUT2D eigenvalue weighted by Gasteiger charge is -2.27. The summed E-state index contributed by atoms with van der Waals surface area (Å²) in [5, 5.41) is 5.53. The van der Waals surface area contributed by atoms with Gasteiger partial charge in [0, 0.05) is 13.1 Å². The summed E-state index contributed by atoms with van der Waals surface area (Å²) in [5.74, 6) is 0.0129. The Kier molecular flexibility index (Phi) is 5.13. The van der Waals surface area contributed by atoms with Crippen LogP contribution >= 0.6 is 23.2 Å². The molecule has 0 N–H and O–H groups in total. The molecule has 1 aliphatic rings. The highest BCUT2D eigenvalue weighted by Crippen LogP contribution is 2.27. The number of morpholine rings is 1. The second-order valence-corrected chi connectivity index (χ2v) is 6.49. The molecule has 1 amide bonds. The summed E-state index contributed by atoms with van der Waals surface area (Å²) in [6, 6.07) is 5.35. The number of carbonyl (C=O) groups is 1. The average Bonchev–Trinajstić information content (AvgIpc) is 2.93. The normalized spacial score (nSPS) is 14.9. The van der Waals surface area contributed by atoms with Gasteiger partial charge in [0.25, 0.3) is 5.91 Å². The molecule has 1 saturated heterocycles. The number of benzene rings is 1. The third-order valence-corrected chi connectivity index (χ3v) is 4.89. The van der Waals surface area contributed by atoms with Crippen LogP contribution in [0.2, 0.25) is 10.0 Å². The zero-order chi connectivity index (χ0) is 17.3. The molecule has 2 aromatic rings. The van der Waals surface area contributed by atoms with Gasteiger partial charge in [0.05, 0.1) is 45.9 Å². The molecule has 1 fully saturated rings. The van der Waals surface area contributed by atoms with E-state index in [-0.39, 0.29) is 5.91 Å². The van der Waals surface area contributed by atoms with Gasteiger partial charge >= 0.3 is 0 Å². The third kappa shape index (κ3) is 3.16. The minimum Gasteiger partial charge on any atom is -0.378 e. The Morgan fingerprint density at radius 3 is 2.58 bits per heavy atom. The van der Waals surface area contributed by atoms with Gasteiger partial charge in [0.1, 0.15) is 0 Å². The molecule has 1 aromatic heterocycles. The number of rotatable bonds is 3. The maximum atomic E-state index is 12.9. The van der Waals surface area contributed by atoms with Crippen molar-refractivity contribution in [3.05, 3.63) is 45.2 Å². The fourth-order valence-electron chi connectivity index (χ4n) is 2.93. The molecule has 0 atom stereocenters. The second-order valence-electron chi connectivity index (χ2n) is 5.68. The van der Waals surface area contributed by atoms with Crippen LogP contribution in [0.1, 0.15) is 28.7 Å². The Bertz CT molecular complexity index is 767. The Morgan fingerprint density at radius 2 is 1.96 bits per heavy atom. The van der Waals surface area contributed by atoms with E-state index < -0.39 is 0 Å². The summed E-state index contributed by atoms with van der Waals surface area (Å²) < 4.78 is 7.11. The van der Waals surface area contributed by atoms with Gasteiger partial charge in [-0.05, 0) is 31.5 Å². The summed E-state index contributed by atoms with van der Waals surface area (Å²) in [5.41, 5.74) is 3.06. The Morgan fingerprint density at radius 1 is 1.25 bits per heavy atom. The molecule has 24 heavy (non-hydrogen) atoms. The highest BCUT2D eigenvalue weighted by molar-refractivity contribution is 6.42. The van der Waals surface area contributed by atoms with Crippen LogP contribution in [-0.2, 0) is 11.2 Å². The number of aromatic nitrogens is 2. The molecule has 0 saturated carbocycles. The first-order valence-electron chi connectivity index (χ1n) is 7.94. The van der Waals surface area contributed by atoms with Crippen LogP contribution < -0.4 is 0 Å². The van der Waals surface area contributed by atoms with Crippen molar-refractivity contribution >= 4 is 29.1 Å². The molecular weight excluding hydrogens is 349 g/mol. The van der Waals surface area contributed by atoms with Crippen molar-refractivity contribution in [2.75, 3.05) is 26.3 Å². The number of hydrogen-bond acceptors (Lipinski definition) is 3. The monoisotopic (exact) mass is 367 g/mol. The van der Waals surface area contributed by atoms with E-state index in [0.29, 0.717) is 48.3 Å². The molecule has 0 bridgehead atoms. The van der Waals surface area contributed by atoms with Gasteiger partial charge < -0.3 is 9.64 Å². The molecule has 1 aliphatic heterocycles. The quantitative estimate of drug-likeness (QED) is 0.833. The maximum Gasteiger partial charge on any atom is 0.257 e. The highest BCUT2D eigenvalue weighted by atomic mass is 35.5. The molecule has 0 spiro atoms. The fraction of sp³-hybridized carbons (Fsp3) is 0.412. The van der Waals surface area contributed by atoms with Crippen LogP contribution in [-0.4, -0.2) is 46.9 Å². The molecule has 0 aliphatic carbocycles. The van der Waals surface area contributed by atoms with Crippen LogP contribution in [0.3, 0.4) is 0 Å². The van der Waals surface area contributed by atoms with Crippen molar-refractivity contribution in [3.63, 3.8) is 0 Å². The van der Waals surface area contributed by atoms with Crippen molar-refractivity contribution in [3.8, 4) is 5.69 Å². The van der Waals surface area contributed by atoms with E-state index in [9.17, 15) is 4.79 Å². The summed E-state index contributed by atoms with van der Waals surface area (Å²) in [6.07, 6.45) is 0.687. The molecular formula is C17H19Cl2N3O2. The van der Waals surface area contributed by atoms with Gasteiger partial charge in [-0.2, -0.15) is 5.10 Å². The van der Waals surface area contributed by atoms with Crippen LogP contribution in [0.5, 0.6) is 0 Å². The number of halogens is 2. The van der Waals surface area contributed by atoms with Gasteiger partial charge in [0.2, 0.25) is 0 Å². The summed E-state index contributed by atoms with van der Waals surface area (Å²) in [7, 11) is 0. The number of nitrogens with zero attached hydrogens (tertiary/aromatic N) is 3. The predicted molar refractivity (Wildman–Crippen MR) is 94.4 cm³/mol. The largest absolute Gasteiger partial charge is 0.378 e. The SMILES string of the molecule is CCc1c(C(=O)N2CCOCC2)c(C)nn1-c1ccc(Cl)c(Cl)c1. The lowest BCUT2D eigenvalue weighted by Crippen LogP contribution is -2.41. The highest BCUT2D eigenvalue weighted by Gasteiger charge is 2.26. The Hall–Kier alpha value is -1.56. The first-order valence-corrected chi connectivity index (χ1v) is 8.69. The van der Waals surface area contributed by atoms with Crippen LogP contribution in [0, 0.1) is 6.92 Å². The van der Waals surface area contributed by atoms with Crippen molar-refractivity contribution < 1.29 is 9.53 Å². The molecule has 0 unspecified atom stereocenters. The Balaban J connectivity index is 2.03. The standard InChI is InChI=1S/C17H19Cl2N3O2/c1-3-15-16(17(23)21-6-8-24-9-7-21)11(2)20-22(15)12-4-5-13(18)14(19)10-12/h4-5,10H,3,6-9H2,1-2H3. The Labute approximate surface area is 151 Å². The number of hydrogen-bond donors (Lipinski definition) is 0. The molecule has 3 rings (SSSR count). The van der Waals surface area contributed by atoms with Crippen molar-refractivity contribution in [1.82, 2.24) is 14.7 Å². The van der Waals surface area contributed by atoms with Crippen molar-refractivity contribution in [1.29, 1.82) is 0 Å². The van der Waals surface area contributed by atoms with E-state index in [1.165, 1.54) is 0 Å². The van der Waals surface area contributed by atoms with Crippen LogP contribution in [0.25, 0.3) is 5.69 Å². The van der Waals surface area contributed by atoms with Gasteiger partial charge in [0.15, 0.2) is 0 Å². The number of aryl methyl sites for hydroxylation is 1. The first-order chi connectivity index (χ1) is 11.5. The lowest BCUT2D eigenvalue weighted by atomic mass is 10.1. The van der Waals surface area contributed by atoms with Gasteiger partial charge in [-0.25, -0.2) is 4.68 Å². The van der Waals surface area contributed by atoms with Crippen LogP contribution in [0.15, 0.2) is 18.2 Å². The van der Waals surface area contributed by atoms with Gasteiger partial charge in [-0.1, -0.05) is 30.1 Å². The zero-order valence-electron chi connectivity index (χ0n) is 13.7. The van der Waals surface area contributed by atoms with Crippen LogP contribution in [0.4, 0.5) is 0 Å². The second kappa shape index (κ2) is 7.13. The average molecular weight is 368 g/mol. The molecule has 1 aromatic carbocycles. The van der Waals surface area contributed by atoms with E-state index in [1.54, 1.807) is 16.8 Å². The first kappa shape index (κ1) is 17.3. The van der Waals surface area contributed by atoms with E-state index in [4.69, 9.17) is 27.9 Å². The summed E-state index contributed by atoms with van der Waals surface area (Å²) in [4.78, 5) is 14.8. The minimum atomic E-state index is 0.0129. The van der Waals surface area contributed by atoms with Crippen molar-refractivity contribution in [2.45, 2.75) is 20.3 Å². The zero-order valence-corrected chi connectivity index (χ0v) is 15.2. The molecule has 0 radical (unpaired) electrons. The maximum absolute atomic E-state index is 12.9. The van der Waals surface area contributed by atoms with Gasteiger partial charge in [-0.3, -0.25) is 4.79 Å². The van der Waals surface area contributed by atoms with E-state index in [0.717, 1.165) is 17.1 Å². The molecule has 128 valence electrons. The fourth-order valence-corrected chi connectivity index (χ4v) is 3.23. The minimum absolute atomic E-state index is 0.0129. The molecule has 7 heteroatoms. The number of ether oxygens (including phenoxy) is 1. The van der Waals surface area contributed by atoms with Gasteiger partial charge in [-0.15, -0.1) is 0 Å².